The van der Waals surface area contributed by atoms with E-state index < -0.39 is 0 Å². The Morgan fingerprint density at radius 3 is 1.18 bits per heavy atom. The minimum absolute atomic E-state index is 0. The summed E-state index contributed by atoms with van der Waals surface area (Å²) in [6.07, 6.45) is 0. The first kappa shape index (κ1) is 33.5. The van der Waals surface area contributed by atoms with Crippen molar-refractivity contribution in [3.05, 3.63) is 21.3 Å². The molecular formula is C15H38N6Ti. The maximum Gasteiger partial charge on any atom is 4.00 e. The fraction of sp³-hybridized carbons (Fsp3) is 0.933. The molecule has 0 rings (SSSR count). The van der Waals surface area contributed by atoms with E-state index in [0.29, 0.717) is 12.1 Å². The second kappa shape index (κ2) is 28.9. The molecule has 0 atom stereocenters. The van der Waals surface area contributed by atoms with Crippen molar-refractivity contribution in [1.82, 2.24) is 4.90 Å². The Kier molecular flexibility index (Phi) is 44.0. The van der Waals surface area contributed by atoms with Crippen molar-refractivity contribution in [3.8, 4) is 0 Å². The van der Waals surface area contributed by atoms with Gasteiger partial charge in [-0.25, -0.2) is 0 Å². The molecule has 22 heavy (non-hydrogen) atoms. The van der Waals surface area contributed by atoms with E-state index >= 15 is 0 Å². The summed E-state index contributed by atoms with van der Waals surface area (Å²) in [5.41, 5.74) is 0. The fourth-order valence-corrected chi connectivity index (χ4v) is 0.726. The molecule has 0 aromatic heterocycles. The molecule has 0 fully saturated rings. The van der Waals surface area contributed by atoms with E-state index in [1.54, 1.807) is 42.3 Å². The predicted octanol–water partition coefficient (Wildman–Crippen LogP) is 3.95. The van der Waals surface area contributed by atoms with E-state index in [1.807, 2.05) is 19.0 Å². The van der Waals surface area contributed by atoms with Crippen LogP contribution in [0.2, 0.25) is 0 Å². The Balaban J connectivity index is -0.0000000802. The van der Waals surface area contributed by atoms with E-state index in [0.717, 1.165) is 5.96 Å². The maximum atomic E-state index is 4.39. The summed E-state index contributed by atoms with van der Waals surface area (Å²) in [6, 6.07) is 0.620. The van der Waals surface area contributed by atoms with Crippen LogP contribution in [0, 0.1) is 0 Å². The molecule has 0 bridgehead atoms. The van der Waals surface area contributed by atoms with Crippen molar-refractivity contribution >= 4 is 5.96 Å². The van der Waals surface area contributed by atoms with Gasteiger partial charge in [0.2, 0.25) is 0 Å². The van der Waals surface area contributed by atoms with Gasteiger partial charge in [0.15, 0.2) is 0 Å². The number of hydrogen-bond donors (Lipinski definition) is 0. The second-order valence-corrected chi connectivity index (χ2v) is 4.98. The molecule has 132 valence electrons. The summed E-state index contributed by atoms with van der Waals surface area (Å²) in [5, 5.41) is 14.9. The van der Waals surface area contributed by atoms with Crippen molar-refractivity contribution in [1.29, 1.82) is 0 Å². The molecule has 0 heterocycles. The maximum absolute atomic E-state index is 4.39. The van der Waals surface area contributed by atoms with E-state index in [4.69, 9.17) is 0 Å². The molecule has 0 aromatic rings. The van der Waals surface area contributed by atoms with Crippen LogP contribution in [0.1, 0.15) is 27.7 Å². The molecule has 0 aliphatic rings. The zero-order chi connectivity index (χ0) is 17.8. The molecule has 0 aliphatic heterocycles. The number of guanidine groups is 1. The van der Waals surface area contributed by atoms with Crippen LogP contribution in [0.4, 0.5) is 0 Å². The average molecular weight is 350 g/mol. The van der Waals surface area contributed by atoms with Gasteiger partial charge in [-0.15, -0.1) is 0 Å². The average Bonchev–Trinajstić information content (AvgIpc) is 2.29. The van der Waals surface area contributed by atoms with Crippen LogP contribution in [0.3, 0.4) is 0 Å². The molecule has 0 amide bonds. The van der Waals surface area contributed by atoms with Gasteiger partial charge in [-0.05, 0) is 26.2 Å². The first-order valence-electron chi connectivity index (χ1n) is 7.07. The fourth-order valence-electron chi connectivity index (χ4n) is 0.726. The normalized spacial score (nSPS) is 9.27. The molecule has 0 aliphatic carbocycles. The van der Waals surface area contributed by atoms with Gasteiger partial charge in [0, 0.05) is 5.96 Å². The molecule has 7 heteroatoms. The summed E-state index contributed by atoms with van der Waals surface area (Å²) in [6.45, 7) is 8.22. The van der Waals surface area contributed by atoms with Gasteiger partial charge < -0.3 is 31.2 Å². The van der Waals surface area contributed by atoms with Crippen LogP contribution >= 0.6 is 0 Å². The molecule has 0 radical (unpaired) electrons. The third kappa shape index (κ3) is 50.2. The number of aliphatic imine (C=N–C) groups is 1. The van der Waals surface area contributed by atoms with Crippen molar-refractivity contribution in [3.63, 3.8) is 0 Å². The summed E-state index contributed by atoms with van der Waals surface area (Å²) in [5.74, 6) is 0.833. The molecule has 0 N–H and O–H groups in total. The van der Waals surface area contributed by atoms with Gasteiger partial charge >= 0.3 is 21.7 Å². The third-order valence-electron chi connectivity index (χ3n) is 1.15. The van der Waals surface area contributed by atoms with Gasteiger partial charge in [0.1, 0.15) is 0 Å². The Hall–Kier alpha value is -0.136. The first-order valence-corrected chi connectivity index (χ1v) is 7.07. The third-order valence-corrected chi connectivity index (χ3v) is 1.15. The molecule has 0 aromatic carbocycles. The minimum atomic E-state index is 0. The number of nitrogens with zero attached hydrogens (tertiary/aromatic N) is 6. The monoisotopic (exact) mass is 350 g/mol. The Morgan fingerprint density at radius 1 is 0.773 bits per heavy atom. The SMILES string of the molecule is CC(C)N=C([N-]C(C)C)N(C)C.C[N-]C.C[N-]C.C[N-]C.[Ti+4]. The van der Waals surface area contributed by atoms with Crippen LogP contribution in [-0.2, 0) is 21.7 Å². The summed E-state index contributed by atoms with van der Waals surface area (Å²) in [7, 11) is 14.4. The first-order chi connectivity index (χ1) is 9.67. The van der Waals surface area contributed by atoms with Crippen molar-refractivity contribution in [2.45, 2.75) is 39.8 Å². The molecule has 0 saturated carbocycles. The molecule has 0 unspecified atom stereocenters. The smallest absolute Gasteiger partial charge is 0.668 e. The van der Waals surface area contributed by atoms with Gasteiger partial charge in [0.25, 0.3) is 0 Å². The number of hydrogen-bond acceptors (Lipinski definition) is 1. The van der Waals surface area contributed by atoms with Crippen LogP contribution in [0.15, 0.2) is 4.99 Å². The van der Waals surface area contributed by atoms with Gasteiger partial charge in [0.05, 0.1) is 0 Å². The summed E-state index contributed by atoms with van der Waals surface area (Å²) >= 11 is 0. The Labute approximate surface area is 155 Å². The van der Waals surface area contributed by atoms with E-state index in [9.17, 15) is 0 Å². The topological polar surface area (TPSA) is 72.0 Å². The predicted molar refractivity (Wildman–Crippen MR) is 100 cm³/mol. The molecule has 0 spiro atoms. The molecule has 0 saturated heterocycles. The van der Waals surface area contributed by atoms with Crippen LogP contribution < -0.4 is 0 Å². The van der Waals surface area contributed by atoms with E-state index in [-0.39, 0.29) is 21.7 Å². The van der Waals surface area contributed by atoms with E-state index in [1.165, 1.54) is 0 Å². The largest absolute Gasteiger partial charge is 4.00 e. The summed E-state index contributed by atoms with van der Waals surface area (Å²) in [4.78, 5) is 6.34. The van der Waals surface area contributed by atoms with E-state index in [2.05, 4.69) is 54.0 Å². The zero-order valence-electron chi connectivity index (χ0n) is 16.8. The van der Waals surface area contributed by atoms with Crippen molar-refractivity contribution in [2.24, 2.45) is 4.99 Å². The van der Waals surface area contributed by atoms with Gasteiger partial charge in [-0.3, -0.25) is 0 Å². The van der Waals surface area contributed by atoms with Crippen LogP contribution in [0.5, 0.6) is 0 Å². The van der Waals surface area contributed by atoms with Gasteiger partial charge in [-0.1, -0.05) is 27.7 Å². The Bertz CT molecular complexity index is 192. The second-order valence-electron chi connectivity index (χ2n) is 4.98. The minimum Gasteiger partial charge on any atom is -0.668 e. The standard InChI is InChI=1S/C9H20N3.3C2H6N.Ti/c1-7(2)10-9(12(5)6)11-8(3)4;3*1-3-2;/h7-8H,1-6H3;3*1-2H3;/q4*-1;+4. The summed E-state index contributed by atoms with van der Waals surface area (Å²) < 4.78 is 0. The Morgan fingerprint density at radius 2 is 1.05 bits per heavy atom. The molecular weight excluding hydrogens is 312 g/mol. The number of rotatable bonds is 2. The zero-order valence-corrected chi connectivity index (χ0v) is 18.4. The van der Waals surface area contributed by atoms with Crippen LogP contribution in [-0.4, -0.2) is 79.3 Å². The quantitative estimate of drug-likeness (QED) is 0.422. The van der Waals surface area contributed by atoms with Gasteiger partial charge in [-0.2, -0.15) is 42.3 Å². The van der Waals surface area contributed by atoms with Crippen molar-refractivity contribution < 1.29 is 21.7 Å². The van der Waals surface area contributed by atoms with Crippen molar-refractivity contribution in [2.75, 3.05) is 56.4 Å². The van der Waals surface area contributed by atoms with Crippen LogP contribution in [0.25, 0.3) is 21.3 Å². The molecule has 6 nitrogen and oxygen atoms in total.